The molecule has 0 saturated heterocycles. The van der Waals surface area contributed by atoms with Gasteiger partial charge in [0.05, 0.1) is 0 Å². The van der Waals surface area contributed by atoms with Gasteiger partial charge in [-0.25, -0.2) is 16.8 Å². The van der Waals surface area contributed by atoms with Crippen LogP contribution in [0.25, 0.3) is 0 Å². The van der Waals surface area contributed by atoms with E-state index >= 15 is 0 Å². The minimum atomic E-state index is -6.62. The highest BCUT2D eigenvalue weighted by Gasteiger charge is 2.71. The van der Waals surface area contributed by atoms with Crippen LogP contribution in [-0.4, -0.2) is 39.1 Å². The second-order valence-corrected chi connectivity index (χ2v) is 7.25. The summed E-state index contributed by atoms with van der Waals surface area (Å²) < 4.78 is 113. The first-order valence-corrected chi connectivity index (χ1v) is 7.20. The summed E-state index contributed by atoms with van der Waals surface area (Å²) in [6.07, 6.45) is -5.93. The van der Waals surface area contributed by atoms with E-state index in [1.54, 1.807) is 0 Å². The molecule has 1 aliphatic carbocycles. The predicted octanol–water partition coefficient (Wildman–Crippen LogP) is 0.195. The minimum absolute atomic E-state index is 0.120. The molecule has 0 bridgehead atoms. The first-order chi connectivity index (χ1) is 8.58. The van der Waals surface area contributed by atoms with E-state index in [1.165, 1.54) is 0 Å². The number of rotatable bonds is 3. The highest BCUT2D eigenvalue weighted by Crippen LogP contribution is 2.44. The van der Waals surface area contributed by atoms with Crippen molar-refractivity contribution in [1.29, 1.82) is 0 Å². The highest BCUT2D eigenvalue weighted by molar-refractivity contribution is 8.06. The van der Waals surface area contributed by atoms with E-state index in [0.29, 0.717) is 0 Å². The Balaban J connectivity index is 3.40. The van der Waals surface area contributed by atoms with Crippen molar-refractivity contribution in [3.63, 3.8) is 0 Å². The van der Waals surface area contributed by atoms with Crippen molar-refractivity contribution in [3.8, 4) is 0 Å². The average molecular weight is 347 g/mol. The fourth-order valence-corrected chi connectivity index (χ4v) is 4.11. The second-order valence-electron chi connectivity index (χ2n) is 3.47. The normalized spacial score (nSPS) is 24.6. The molecule has 0 aromatic rings. The van der Waals surface area contributed by atoms with Gasteiger partial charge in [-0.05, 0) is 12.2 Å². The Kier molecular flexibility index (Phi) is 3.53. The maximum Gasteiger partial charge on any atom is 0.512 e. The Morgan fingerprint density at radius 2 is 1.45 bits per heavy atom. The molecule has 1 aliphatic rings. The van der Waals surface area contributed by atoms with Crippen molar-refractivity contribution >= 4 is 25.8 Å². The molecule has 0 saturated carbocycles. The third kappa shape index (κ3) is 2.20. The Bertz CT molecular complexity index is 672. The number of carbonyl (C=O) groups is 1. The number of hydrogen-bond donors (Lipinski definition) is 1. The van der Waals surface area contributed by atoms with E-state index in [-0.39, 0.29) is 16.3 Å². The molecule has 1 atom stereocenters. The Labute approximate surface area is 107 Å². The van der Waals surface area contributed by atoms with Crippen LogP contribution < -0.4 is 4.13 Å². The third-order valence-electron chi connectivity index (χ3n) is 2.20. The van der Waals surface area contributed by atoms with E-state index < -0.39 is 42.3 Å². The van der Waals surface area contributed by atoms with Gasteiger partial charge in [0.1, 0.15) is 0 Å². The van der Waals surface area contributed by atoms with Crippen molar-refractivity contribution in [2.75, 3.05) is 0 Å². The summed E-state index contributed by atoms with van der Waals surface area (Å²) in [5.41, 5.74) is -6.16. The molecule has 1 unspecified atom stereocenters. The minimum Gasteiger partial charge on any atom is -0.292 e. The van der Waals surface area contributed by atoms with Crippen molar-refractivity contribution in [3.05, 3.63) is 12.2 Å². The van der Waals surface area contributed by atoms with Crippen LogP contribution in [0, 0.1) is 0 Å². The first kappa shape index (κ1) is 16.9. The van der Waals surface area contributed by atoms with Crippen LogP contribution in [0.3, 0.4) is 0 Å². The number of ketones is 1. The Morgan fingerprint density at radius 3 is 1.65 bits per heavy atom. The number of allylic oxidation sites excluding steroid dienone is 1. The number of halogens is 6. The summed E-state index contributed by atoms with van der Waals surface area (Å²) in [6.45, 7) is 0. The Hall–Kier alpha value is -1.15. The molecule has 14 heteroatoms. The van der Waals surface area contributed by atoms with E-state index in [1.807, 2.05) is 0 Å². The van der Waals surface area contributed by atoms with Crippen LogP contribution >= 0.6 is 0 Å². The third-order valence-corrected chi connectivity index (χ3v) is 5.99. The predicted molar refractivity (Wildman–Crippen MR) is 50.0 cm³/mol. The van der Waals surface area contributed by atoms with E-state index in [4.69, 9.17) is 0 Å². The van der Waals surface area contributed by atoms with Gasteiger partial charge in [-0.2, -0.15) is 26.3 Å². The lowest BCUT2D eigenvalue weighted by atomic mass is 9.92. The fourth-order valence-electron chi connectivity index (χ4n) is 1.17. The van der Waals surface area contributed by atoms with Crippen molar-refractivity contribution in [2.24, 2.45) is 0 Å². The molecule has 0 aliphatic heterocycles. The first-order valence-electron chi connectivity index (χ1n) is 4.23. The summed E-state index contributed by atoms with van der Waals surface area (Å²) in [5.74, 6) is -2.10. The number of nitrogens with one attached hydrogen (secondary N) is 1. The van der Waals surface area contributed by atoms with Gasteiger partial charge in [0.25, 0.3) is 14.8 Å². The van der Waals surface area contributed by atoms with Gasteiger partial charge in [0.15, 0.2) is 5.78 Å². The van der Waals surface area contributed by atoms with Crippen LogP contribution in [0.1, 0.15) is 0 Å². The molecule has 1 N–H and O–H groups in total. The van der Waals surface area contributed by atoms with Crippen LogP contribution in [0.15, 0.2) is 12.2 Å². The van der Waals surface area contributed by atoms with Crippen LogP contribution in [0.5, 0.6) is 0 Å². The number of hydrogen-bond acceptors (Lipinski definition) is 5. The number of sulfonamides is 2. The van der Waals surface area contributed by atoms with Crippen molar-refractivity contribution in [1.82, 2.24) is 4.13 Å². The number of carbonyl (C=O) groups excluding carboxylic acids is 1. The molecule has 0 amide bonds. The van der Waals surface area contributed by atoms with Gasteiger partial charge in [0, 0.05) is 0 Å². The summed E-state index contributed by atoms with van der Waals surface area (Å²) in [6, 6.07) is 0. The standard InChI is InChI=1S/C6H3F6NO5S2/c7-5(8,9)4(2-1-3(4)14)19(15,16)13-20(17,18)6(10,11)12/h1-2,13H. The van der Waals surface area contributed by atoms with Gasteiger partial charge in [0.2, 0.25) is 0 Å². The number of alkyl halides is 6. The molecule has 0 fully saturated rings. The second kappa shape index (κ2) is 4.17. The Morgan fingerprint density at radius 1 is 1.00 bits per heavy atom. The molecule has 0 aromatic carbocycles. The van der Waals surface area contributed by atoms with Gasteiger partial charge >= 0.3 is 21.7 Å². The molecule has 6 nitrogen and oxygen atoms in total. The molecule has 0 heterocycles. The zero-order chi connectivity index (χ0) is 16.2. The fraction of sp³-hybridized carbons (Fsp3) is 0.500. The van der Waals surface area contributed by atoms with E-state index in [2.05, 4.69) is 0 Å². The summed E-state index contributed by atoms with van der Waals surface area (Å²) in [7, 11) is -12.9. The van der Waals surface area contributed by atoms with Crippen LogP contribution in [0.2, 0.25) is 0 Å². The smallest absolute Gasteiger partial charge is 0.292 e. The quantitative estimate of drug-likeness (QED) is 0.736. The monoisotopic (exact) mass is 347 g/mol. The van der Waals surface area contributed by atoms with Gasteiger partial charge in [-0.3, -0.25) is 4.79 Å². The molecule has 0 aromatic heterocycles. The zero-order valence-electron chi connectivity index (χ0n) is 8.78. The molecule has 1 rings (SSSR count). The molecular weight excluding hydrogens is 344 g/mol. The lowest BCUT2D eigenvalue weighted by molar-refractivity contribution is -0.163. The topological polar surface area (TPSA) is 97.4 Å². The molecule has 20 heavy (non-hydrogen) atoms. The molecular formula is C6H3F6NO5S2. The molecule has 0 spiro atoms. The van der Waals surface area contributed by atoms with Crippen molar-refractivity contribution in [2.45, 2.75) is 16.4 Å². The largest absolute Gasteiger partial charge is 0.512 e. The van der Waals surface area contributed by atoms with Crippen molar-refractivity contribution < 1.29 is 48.0 Å². The van der Waals surface area contributed by atoms with Gasteiger partial charge in [-0.1, -0.05) is 4.13 Å². The lowest BCUT2D eigenvalue weighted by Crippen LogP contribution is -2.64. The lowest BCUT2D eigenvalue weighted by Gasteiger charge is -2.34. The summed E-state index contributed by atoms with van der Waals surface area (Å²) in [4.78, 5) is 10.9. The van der Waals surface area contributed by atoms with Gasteiger partial charge in [-0.15, -0.1) is 0 Å². The van der Waals surface area contributed by atoms with Gasteiger partial charge < -0.3 is 0 Å². The highest BCUT2D eigenvalue weighted by atomic mass is 32.3. The summed E-state index contributed by atoms with van der Waals surface area (Å²) in [5, 5.41) is 0. The van der Waals surface area contributed by atoms with Crippen LogP contribution in [-0.2, 0) is 24.8 Å². The molecule has 116 valence electrons. The average Bonchev–Trinajstić information content (AvgIpc) is 2.08. The van der Waals surface area contributed by atoms with E-state index in [0.717, 1.165) is 0 Å². The van der Waals surface area contributed by atoms with Crippen LogP contribution in [0.4, 0.5) is 26.3 Å². The maximum atomic E-state index is 12.6. The summed E-state index contributed by atoms with van der Waals surface area (Å²) >= 11 is 0. The van der Waals surface area contributed by atoms with E-state index in [9.17, 15) is 48.0 Å². The zero-order valence-corrected chi connectivity index (χ0v) is 10.4. The maximum absolute atomic E-state index is 12.6. The SMILES string of the molecule is O=C1C=CC1(C(F)(F)F)S(=O)(=O)NS(=O)(=O)C(F)(F)F. The molecule has 0 radical (unpaired) electrons.